The van der Waals surface area contributed by atoms with Gasteiger partial charge in [-0.05, 0) is 42.4 Å². The number of nitrogens with zero attached hydrogens (tertiary/aromatic N) is 1. The number of benzene rings is 2. The first kappa shape index (κ1) is 16.5. The summed E-state index contributed by atoms with van der Waals surface area (Å²) in [6, 6.07) is 23.6. The highest BCUT2D eigenvalue weighted by molar-refractivity contribution is 6.75. The van der Waals surface area contributed by atoms with Gasteiger partial charge in [0.05, 0.1) is 5.69 Å². The van der Waals surface area contributed by atoms with E-state index < -0.39 is 8.32 Å². The molecular formula is C19H25NOSi. The van der Waals surface area contributed by atoms with Crippen molar-refractivity contribution < 1.29 is 4.43 Å². The summed E-state index contributed by atoms with van der Waals surface area (Å²) >= 11 is 0. The van der Waals surface area contributed by atoms with Gasteiger partial charge in [0.1, 0.15) is 0 Å². The number of hydrogen-bond acceptors (Lipinski definition) is 2. The Morgan fingerprint density at radius 2 is 1.32 bits per heavy atom. The van der Waals surface area contributed by atoms with Crippen LogP contribution in [0.25, 0.3) is 0 Å². The summed E-state index contributed by atoms with van der Waals surface area (Å²) in [5, 5.41) is 0. The van der Waals surface area contributed by atoms with Gasteiger partial charge in [0.25, 0.3) is 8.32 Å². The Balaban J connectivity index is 2.41. The lowest BCUT2D eigenvalue weighted by Crippen LogP contribution is -2.38. The summed E-state index contributed by atoms with van der Waals surface area (Å²) in [5.41, 5.74) is 1.99. The van der Waals surface area contributed by atoms with Crippen LogP contribution in [0.5, 0.6) is 0 Å². The van der Waals surface area contributed by atoms with Crippen molar-refractivity contribution in [2.24, 2.45) is 4.99 Å². The topological polar surface area (TPSA) is 21.6 Å². The summed E-state index contributed by atoms with van der Waals surface area (Å²) in [5.74, 6) is 0.768. The first-order valence-corrected chi connectivity index (χ1v) is 10.6. The van der Waals surface area contributed by atoms with Crippen molar-refractivity contribution in [3.05, 3.63) is 66.2 Å². The van der Waals surface area contributed by atoms with Crippen molar-refractivity contribution in [1.29, 1.82) is 0 Å². The number of rotatable bonds is 6. The maximum atomic E-state index is 6.56. The number of hydrogen-bond donors (Lipinski definition) is 0. The first-order valence-electron chi connectivity index (χ1n) is 8.11. The van der Waals surface area contributed by atoms with E-state index in [0.717, 1.165) is 35.3 Å². The molecule has 0 aliphatic heterocycles. The van der Waals surface area contributed by atoms with Crippen LogP contribution in [-0.2, 0) is 4.43 Å². The summed E-state index contributed by atoms with van der Waals surface area (Å²) in [6.07, 6.45) is 0. The Bertz CT molecular complexity index is 583. The fourth-order valence-corrected chi connectivity index (χ4v) is 5.03. The standard InChI is InChI=1S/C19H25NOSi/c1-4-22(5-2,6-3)21-19(17-13-9-7-10-14-17)20-18-15-11-8-12-16-18/h7-16H,4-6H2,1-3H3. The molecule has 2 nitrogen and oxygen atoms in total. The van der Waals surface area contributed by atoms with E-state index in [9.17, 15) is 0 Å². The van der Waals surface area contributed by atoms with E-state index in [0.29, 0.717) is 0 Å². The minimum atomic E-state index is -1.75. The predicted molar refractivity (Wildman–Crippen MR) is 97.4 cm³/mol. The van der Waals surface area contributed by atoms with Gasteiger partial charge in [-0.1, -0.05) is 57.2 Å². The van der Waals surface area contributed by atoms with Crippen LogP contribution in [0.15, 0.2) is 65.7 Å². The summed E-state index contributed by atoms with van der Waals surface area (Å²) in [7, 11) is -1.75. The quantitative estimate of drug-likeness (QED) is 0.376. The van der Waals surface area contributed by atoms with Crippen molar-refractivity contribution in [2.45, 2.75) is 38.9 Å². The van der Waals surface area contributed by atoms with Crippen LogP contribution in [-0.4, -0.2) is 14.2 Å². The molecule has 0 atom stereocenters. The highest BCUT2D eigenvalue weighted by atomic mass is 28.4. The van der Waals surface area contributed by atoms with Crippen LogP contribution in [0, 0.1) is 0 Å². The molecule has 0 fully saturated rings. The summed E-state index contributed by atoms with van der Waals surface area (Å²) < 4.78 is 6.56. The van der Waals surface area contributed by atoms with Crippen LogP contribution < -0.4 is 0 Å². The van der Waals surface area contributed by atoms with E-state index in [1.165, 1.54) is 0 Å². The van der Waals surface area contributed by atoms with Gasteiger partial charge in [-0.2, -0.15) is 0 Å². The number of para-hydroxylation sites is 1. The van der Waals surface area contributed by atoms with Crippen molar-refractivity contribution in [1.82, 2.24) is 0 Å². The second-order valence-corrected chi connectivity index (χ2v) is 10.2. The zero-order valence-electron chi connectivity index (χ0n) is 13.8. The fourth-order valence-electron chi connectivity index (χ4n) is 2.52. The molecule has 0 radical (unpaired) electrons. The zero-order chi connectivity index (χ0) is 15.8. The maximum absolute atomic E-state index is 6.56. The van der Waals surface area contributed by atoms with Gasteiger partial charge < -0.3 is 4.43 Å². The SMILES string of the molecule is CC[Si](CC)(CC)OC(=Nc1ccccc1)c1ccccc1. The van der Waals surface area contributed by atoms with Crippen LogP contribution in [0.4, 0.5) is 5.69 Å². The van der Waals surface area contributed by atoms with Gasteiger partial charge in [-0.15, -0.1) is 0 Å². The van der Waals surface area contributed by atoms with Gasteiger partial charge in [-0.25, -0.2) is 4.99 Å². The molecule has 0 aromatic heterocycles. The fraction of sp³-hybridized carbons (Fsp3) is 0.316. The summed E-state index contributed by atoms with van der Waals surface area (Å²) in [4.78, 5) is 4.79. The minimum Gasteiger partial charge on any atom is -0.530 e. The van der Waals surface area contributed by atoms with Crippen LogP contribution in [0.3, 0.4) is 0 Å². The Morgan fingerprint density at radius 1 is 0.818 bits per heavy atom. The van der Waals surface area contributed by atoms with Crippen LogP contribution in [0.1, 0.15) is 26.3 Å². The molecule has 0 amide bonds. The zero-order valence-corrected chi connectivity index (χ0v) is 14.8. The Hall–Kier alpha value is -1.87. The monoisotopic (exact) mass is 311 g/mol. The minimum absolute atomic E-state index is 0.768. The molecule has 22 heavy (non-hydrogen) atoms. The van der Waals surface area contributed by atoms with Crippen molar-refractivity contribution >= 4 is 19.9 Å². The van der Waals surface area contributed by atoms with Crippen LogP contribution >= 0.6 is 0 Å². The second-order valence-electron chi connectivity index (χ2n) is 5.46. The molecule has 2 aromatic carbocycles. The van der Waals surface area contributed by atoms with Gasteiger partial charge in [0, 0.05) is 5.56 Å². The molecular weight excluding hydrogens is 286 g/mol. The Kier molecular flexibility index (Phi) is 5.96. The molecule has 2 rings (SSSR count). The highest BCUT2D eigenvalue weighted by Gasteiger charge is 2.32. The van der Waals surface area contributed by atoms with Crippen LogP contribution in [0.2, 0.25) is 18.1 Å². The smallest absolute Gasteiger partial charge is 0.252 e. The molecule has 0 aliphatic carbocycles. The molecule has 0 N–H and O–H groups in total. The molecule has 0 spiro atoms. The third kappa shape index (κ3) is 4.07. The normalized spacial score (nSPS) is 12.2. The lowest BCUT2D eigenvalue weighted by Gasteiger charge is -2.29. The third-order valence-corrected chi connectivity index (χ3v) is 8.75. The first-order chi connectivity index (χ1) is 10.7. The van der Waals surface area contributed by atoms with Gasteiger partial charge in [0.2, 0.25) is 5.90 Å². The highest BCUT2D eigenvalue weighted by Crippen LogP contribution is 2.25. The van der Waals surface area contributed by atoms with Gasteiger partial charge >= 0.3 is 0 Å². The van der Waals surface area contributed by atoms with Crippen molar-refractivity contribution in [2.75, 3.05) is 0 Å². The van der Waals surface area contributed by atoms with Gasteiger partial charge in [-0.3, -0.25) is 0 Å². The molecule has 0 aliphatic rings. The number of aliphatic imine (C=N–C) groups is 1. The van der Waals surface area contributed by atoms with Crippen molar-refractivity contribution in [3.8, 4) is 0 Å². The molecule has 0 bridgehead atoms. The Morgan fingerprint density at radius 3 is 1.82 bits per heavy atom. The van der Waals surface area contributed by atoms with Gasteiger partial charge in [0.15, 0.2) is 0 Å². The molecule has 0 saturated carbocycles. The van der Waals surface area contributed by atoms with E-state index in [1.54, 1.807) is 0 Å². The lowest BCUT2D eigenvalue weighted by molar-refractivity contribution is 0.527. The Labute approximate surface area is 135 Å². The van der Waals surface area contributed by atoms with E-state index in [4.69, 9.17) is 9.42 Å². The third-order valence-electron chi connectivity index (χ3n) is 4.25. The lowest BCUT2D eigenvalue weighted by atomic mass is 10.2. The van der Waals surface area contributed by atoms with E-state index in [-0.39, 0.29) is 0 Å². The molecule has 0 heterocycles. The second kappa shape index (κ2) is 7.94. The molecule has 0 unspecified atom stereocenters. The maximum Gasteiger partial charge on any atom is 0.252 e. The summed E-state index contributed by atoms with van der Waals surface area (Å²) in [6.45, 7) is 6.72. The van der Waals surface area contributed by atoms with Crippen molar-refractivity contribution in [3.63, 3.8) is 0 Å². The predicted octanol–water partition coefficient (Wildman–Crippen LogP) is 5.79. The molecule has 0 saturated heterocycles. The molecule has 116 valence electrons. The van der Waals surface area contributed by atoms with E-state index >= 15 is 0 Å². The largest absolute Gasteiger partial charge is 0.530 e. The van der Waals surface area contributed by atoms with E-state index in [2.05, 4.69) is 32.9 Å². The molecule has 2 aromatic rings. The van der Waals surface area contributed by atoms with E-state index in [1.807, 2.05) is 48.5 Å². The molecule has 3 heteroatoms. The average molecular weight is 312 g/mol. The average Bonchev–Trinajstić information content (AvgIpc) is 2.60.